The van der Waals surface area contributed by atoms with Gasteiger partial charge in [0.1, 0.15) is 5.69 Å². The van der Waals surface area contributed by atoms with Crippen LogP contribution in [0.25, 0.3) is 0 Å². The molecule has 1 aliphatic rings. The Morgan fingerprint density at radius 3 is 2.40 bits per heavy atom. The molecule has 1 aromatic heterocycles. The molecule has 25 heavy (non-hydrogen) atoms. The zero-order chi connectivity index (χ0) is 17.6. The lowest BCUT2D eigenvalue weighted by Gasteiger charge is -2.21. The van der Waals surface area contributed by atoms with Crippen LogP contribution in [0.4, 0.5) is 5.69 Å². The summed E-state index contributed by atoms with van der Waals surface area (Å²) in [6.45, 7) is 3.35. The second-order valence-corrected chi connectivity index (χ2v) is 6.25. The standard InChI is InChI=1S/C19H22N4O2/c1-14-12-21-17(13-20-14)18(24)22-16-9-5-4-8-15(16)19(25)23-10-6-2-3-7-11-23/h4-5,8-9,12-13H,2-3,6-7,10-11H2,1H3,(H,22,24). The van der Waals surface area contributed by atoms with Gasteiger partial charge in [-0.05, 0) is 31.9 Å². The van der Waals surface area contributed by atoms with Crippen molar-refractivity contribution in [3.63, 3.8) is 0 Å². The van der Waals surface area contributed by atoms with Gasteiger partial charge in [0.2, 0.25) is 0 Å². The number of nitrogens with zero attached hydrogens (tertiary/aromatic N) is 3. The molecule has 1 N–H and O–H groups in total. The highest BCUT2D eigenvalue weighted by Gasteiger charge is 2.21. The number of para-hydroxylation sites is 1. The van der Waals surface area contributed by atoms with E-state index in [0.29, 0.717) is 11.3 Å². The fourth-order valence-corrected chi connectivity index (χ4v) is 2.92. The largest absolute Gasteiger partial charge is 0.339 e. The molecule has 1 fully saturated rings. The molecule has 0 bridgehead atoms. The van der Waals surface area contributed by atoms with Crippen LogP contribution in [0, 0.1) is 6.92 Å². The number of benzene rings is 1. The summed E-state index contributed by atoms with van der Waals surface area (Å²) in [7, 11) is 0. The van der Waals surface area contributed by atoms with Crippen LogP contribution in [0.3, 0.4) is 0 Å². The lowest BCUT2D eigenvalue weighted by Crippen LogP contribution is -2.32. The summed E-state index contributed by atoms with van der Waals surface area (Å²) in [5, 5.41) is 2.79. The van der Waals surface area contributed by atoms with Gasteiger partial charge in [-0.3, -0.25) is 14.6 Å². The molecule has 2 amide bonds. The van der Waals surface area contributed by atoms with E-state index in [1.54, 1.807) is 24.4 Å². The Bertz CT molecular complexity index is 750. The minimum Gasteiger partial charge on any atom is -0.339 e. The van der Waals surface area contributed by atoms with Crippen LogP contribution in [-0.2, 0) is 0 Å². The first kappa shape index (κ1) is 17.1. The number of carbonyl (C=O) groups excluding carboxylic acids is 2. The van der Waals surface area contributed by atoms with Gasteiger partial charge in [0.25, 0.3) is 11.8 Å². The molecule has 130 valence electrons. The van der Waals surface area contributed by atoms with E-state index >= 15 is 0 Å². The predicted molar refractivity (Wildman–Crippen MR) is 95.5 cm³/mol. The van der Waals surface area contributed by atoms with Gasteiger partial charge < -0.3 is 10.2 Å². The number of aryl methyl sites for hydroxylation is 1. The molecule has 0 atom stereocenters. The molecule has 0 unspecified atom stereocenters. The lowest BCUT2D eigenvalue weighted by molar-refractivity contribution is 0.0762. The number of hydrogen-bond donors (Lipinski definition) is 1. The number of likely N-dealkylation sites (tertiary alicyclic amines) is 1. The first-order valence-corrected chi connectivity index (χ1v) is 8.63. The number of amides is 2. The highest BCUT2D eigenvalue weighted by Crippen LogP contribution is 2.20. The zero-order valence-corrected chi connectivity index (χ0v) is 14.4. The molecular weight excluding hydrogens is 316 g/mol. The number of hydrogen-bond acceptors (Lipinski definition) is 4. The van der Waals surface area contributed by atoms with Crippen molar-refractivity contribution in [2.45, 2.75) is 32.6 Å². The summed E-state index contributed by atoms with van der Waals surface area (Å²) in [5.41, 5.74) is 1.98. The van der Waals surface area contributed by atoms with Crippen molar-refractivity contribution in [3.8, 4) is 0 Å². The summed E-state index contributed by atoms with van der Waals surface area (Å²) in [4.78, 5) is 35.3. The van der Waals surface area contributed by atoms with E-state index < -0.39 is 0 Å². The van der Waals surface area contributed by atoms with Crippen LogP contribution in [0.15, 0.2) is 36.7 Å². The van der Waals surface area contributed by atoms with Crippen molar-refractivity contribution in [2.24, 2.45) is 0 Å². The van der Waals surface area contributed by atoms with Crippen LogP contribution in [0.2, 0.25) is 0 Å². The Labute approximate surface area is 147 Å². The van der Waals surface area contributed by atoms with Gasteiger partial charge in [-0.2, -0.15) is 0 Å². The third-order valence-electron chi connectivity index (χ3n) is 4.31. The van der Waals surface area contributed by atoms with E-state index in [4.69, 9.17) is 0 Å². The monoisotopic (exact) mass is 338 g/mol. The Morgan fingerprint density at radius 1 is 1.00 bits per heavy atom. The molecule has 6 nitrogen and oxygen atoms in total. The number of rotatable bonds is 3. The molecule has 1 saturated heterocycles. The Balaban J connectivity index is 1.79. The molecular formula is C19H22N4O2. The Hall–Kier alpha value is -2.76. The maximum Gasteiger partial charge on any atom is 0.275 e. The van der Waals surface area contributed by atoms with Crippen LogP contribution in [0.5, 0.6) is 0 Å². The molecule has 2 heterocycles. The highest BCUT2D eigenvalue weighted by atomic mass is 16.2. The van der Waals surface area contributed by atoms with Gasteiger partial charge in [0, 0.05) is 19.3 Å². The van der Waals surface area contributed by atoms with Crippen molar-refractivity contribution >= 4 is 17.5 Å². The normalized spacial score (nSPS) is 14.7. The average molecular weight is 338 g/mol. The molecule has 3 rings (SSSR count). The fraction of sp³-hybridized carbons (Fsp3) is 0.368. The molecule has 2 aromatic rings. The number of anilines is 1. The van der Waals surface area contributed by atoms with Crippen molar-refractivity contribution < 1.29 is 9.59 Å². The predicted octanol–water partition coefficient (Wildman–Crippen LogP) is 3.05. The van der Waals surface area contributed by atoms with Crippen molar-refractivity contribution in [3.05, 3.63) is 53.6 Å². The van der Waals surface area contributed by atoms with Gasteiger partial charge in [-0.15, -0.1) is 0 Å². The minimum absolute atomic E-state index is 0.0345. The van der Waals surface area contributed by atoms with E-state index in [0.717, 1.165) is 44.5 Å². The average Bonchev–Trinajstić information content (AvgIpc) is 2.91. The molecule has 0 radical (unpaired) electrons. The molecule has 0 saturated carbocycles. The maximum atomic E-state index is 12.9. The Kier molecular flexibility index (Phi) is 5.38. The van der Waals surface area contributed by atoms with Gasteiger partial charge in [0.15, 0.2) is 0 Å². The number of nitrogens with one attached hydrogen (secondary N) is 1. The third kappa shape index (κ3) is 4.21. The van der Waals surface area contributed by atoms with E-state index in [1.165, 1.54) is 6.20 Å². The second-order valence-electron chi connectivity index (χ2n) is 6.25. The maximum absolute atomic E-state index is 12.9. The van der Waals surface area contributed by atoms with E-state index in [-0.39, 0.29) is 17.5 Å². The zero-order valence-electron chi connectivity index (χ0n) is 14.4. The Morgan fingerprint density at radius 2 is 1.72 bits per heavy atom. The van der Waals surface area contributed by atoms with Crippen LogP contribution in [-0.4, -0.2) is 39.8 Å². The third-order valence-corrected chi connectivity index (χ3v) is 4.31. The second kappa shape index (κ2) is 7.88. The summed E-state index contributed by atoms with van der Waals surface area (Å²) >= 11 is 0. The van der Waals surface area contributed by atoms with Gasteiger partial charge in [-0.1, -0.05) is 25.0 Å². The van der Waals surface area contributed by atoms with Gasteiger partial charge in [0.05, 0.1) is 23.1 Å². The molecule has 1 aliphatic heterocycles. The first-order valence-electron chi connectivity index (χ1n) is 8.63. The molecule has 0 spiro atoms. The topological polar surface area (TPSA) is 75.2 Å². The summed E-state index contributed by atoms with van der Waals surface area (Å²) in [5.74, 6) is -0.406. The first-order chi connectivity index (χ1) is 12.1. The summed E-state index contributed by atoms with van der Waals surface area (Å²) < 4.78 is 0. The van der Waals surface area contributed by atoms with Crippen LogP contribution < -0.4 is 5.32 Å². The van der Waals surface area contributed by atoms with Gasteiger partial charge >= 0.3 is 0 Å². The SMILES string of the molecule is Cc1cnc(C(=O)Nc2ccccc2C(=O)N2CCCCCC2)cn1. The number of carbonyl (C=O) groups is 2. The smallest absolute Gasteiger partial charge is 0.275 e. The highest BCUT2D eigenvalue weighted by molar-refractivity contribution is 6.08. The molecule has 6 heteroatoms. The fourth-order valence-electron chi connectivity index (χ4n) is 2.92. The summed E-state index contributed by atoms with van der Waals surface area (Å²) in [6, 6.07) is 7.11. The van der Waals surface area contributed by atoms with Crippen LogP contribution in [0.1, 0.15) is 52.2 Å². The van der Waals surface area contributed by atoms with E-state index in [2.05, 4.69) is 15.3 Å². The van der Waals surface area contributed by atoms with E-state index in [9.17, 15) is 9.59 Å². The van der Waals surface area contributed by atoms with Crippen molar-refractivity contribution in [1.29, 1.82) is 0 Å². The van der Waals surface area contributed by atoms with Crippen LogP contribution >= 0.6 is 0 Å². The minimum atomic E-state index is -0.372. The summed E-state index contributed by atoms with van der Waals surface area (Å²) in [6.07, 6.45) is 7.36. The molecule has 1 aromatic carbocycles. The van der Waals surface area contributed by atoms with Crippen molar-refractivity contribution in [1.82, 2.24) is 14.9 Å². The van der Waals surface area contributed by atoms with E-state index in [1.807, 2.05) is 17.9 Å². The molecule has 0 aliphatic carbocycles. The van der Waals surface area contributed by atoms with Gasteiger partial charge in [-0.25, -0.2) is 4.98 Å². The van der Waals surface area contributed by atoms with Crippen molar-refractivity contribution in [2.75, 3.05) is 18.4 Å². The quantitative estimate of drug-likeness (QED) is 0.933. The lowest BCUT2D eigenvalue weighted by atomic mass is 10.1. The number of aromatic nitrogens is 2.